The van der Waals surface area contributed by atoms with Crippen molar-refractivity contribution in [3.05, 3.63) is 41.0 Å². The van der Waals surface area contributed by atoms with Crippen molar-refractivity contribution in [2.24, 2.45) is 5.92 Å². The van der Waals surface area contributed by atoms with Crippen molar-refractivity contribution < 1.29 is 0 Å². The fraction of sp³-hybridized carbons (Fsp3) is 0.500. The first kappa shape index (κ1) is 14.7. The van der Waals surface area contributed by atoms with E-state index in [-0.39, 0.29) is 5.54 Å². The number of rotatable bonds is 4. The standard InChI is InChI=1S/C18H24N2S/c1-12-10-14(12)17-20-15(11-19-18(2,3)4)16(21-17)13-8-6-5-7-9-13/h5-9,12,14,19H,10-11H2,1-4H3. The van der Waals surface area contributed by atoms with E-state index in [2.05, 4.69) is 63.3 Å². The van der Waals surface area contributed by atoms with E-state index in [0.29, 0.717) is 5.92 Å². The number of aromatic nitrogens is 1. The first-order valence-electron chi connectivity index (χ1n) is 7.74. The Hall–Kier alpha value is -1.19. The van der Waals surface area contributed by atoms with Crippen LogP contribution in [0.25, 0.3) is 10.4 Å². The van der Waals surface area contributed by atoms with Gasteiger partial charge in [0.2, 0.25) is 0 Å². The van der Waals surface area contributed by atoms with Gasteiger partial charge in [0.25, 0.3) is 0 Å². The number of nitrogens with one attached hydrogen (secondary N) is 1. The second-order valence-electron chi connectivity index (χ2n) is 7.12. The van der Waals surface area contributed by atoms with Gasteiger partial charge in [0.15, 0.2) is 0 Å². The van der Waals surface area contributed by atoms with Gasteiger partial charge < -0.3 is 5.32 Å². The number of nitrogens with zero attached hydrogens (tertiary/aromatic N) is 1. The minimum atomic E-state index is 0.116. The Morgan fingerprint density at radius 3 is 2.48 bits per heavy atom. The molecule has 0 saturated heterocycles. The summed E-state index contributed by atoms with van der Waals surface area (Å²) in [5.41, 5.74) is 2.61. The number of hydrogen-bond donors (Lipinski definition) is 1. The molecule has 1 saturated carbocycles. The highest BCUT2D eigenvalue weighted by molar-refractivity contribution is 7.15. The monoisotopic (exact) mass is 300 g/mol. The van der Waals surface area contributed by atoms with Gasteiger partial charge in [-0.05, 0) is 38.7 Å². The lowest BCUT2D eigenvalue weighted by Gasteiger charge is -2.20. The molecule has 1 aliphatic carbocycles. The van der Waals surface area contributed by atoms with Crippen LogP contribution < -0.4 is 5.32 Å². The molecule has 0 amide bonds. The van der Waals surface area contributed by atoms with E-state index in [1.807, 2.05) is 11.3 Å². The molecule has 0 bridgehead atoms. The molecule has 1 aliphatic rings. The maximum absolute atomic E-state index is 4.96. The predicted octanol–water partition coefficient (Wildman–Crippen LogP) is 4.82. The molecule has 2 atom stereocenters. The molecule has 1 heterocycles. The summed E-state index contributed by atoms with van der Waals surface area (Å²) in [6.45, 7) is 9.76. The predicted molar refractivity (Wildman–Crippen MR) is 90.7 cm³/mol. The van der Waals surface area contributed by atoms with Crippen molar-refractivity contribution in [2.45, 2.75) is 52.1 Å². The van der Waals surface area contributed by atoms with Gasteiger partial charge in [0.1, 0.15) is 0 Å². The van der Waals surface area contributed by atoms with Gasteiger partial charge >= 0.3 is 0 Å². The Bertz CT molecular complexity index is 610. The van der Waals surface area contributed by atoms with Crippen molar-refractivity contribution in [3.8, 4) is 10.4 Å². The lowest BCUT2D eigenvalue weighted by Crippen LogP contribution is -2.35. The van der Waals surface area contributed by atoms with E-state index in [4.69, 9.17) is 4.98 Å². The normalized spacial score (nSPS) is 21.5. The highest BCUT2D eigenvalue weighted by Crippen LogP contribution is 2.49. The van der Waals surface area contributed by atoms with Crippen molar-refractivity contribution in [2.75, 3.05) is 0 Å². The van der Waals surface area contributed by atoms with Gasteiger partial charge in [-0.1, -0.05) is 37.3 Å². The second-order valence-corrected chi connectivity index (χ2v) is 8.15. The fourth-order valence-electron chi connectivity index (χ4n) is 2.48. The van der Waals surface area contributed by atoms with Crippen LogP contribution in [0.5, 0.6) is 0 Å². The number of benzene rings is 1. The molecule has 2 aromatic rings. The minimum Gasteiger partial charge on any atom is -0.306 e. The zero-order valence-corrected chi connectivity index (χ0v) is 14.1. The van der Waals surface area contributed by atoms with Crippen LogP contribution in [-0.4, -0.2) is 10.5 Å². The van der Waals surface area contributed by atoms with Gasteiger partial charge in [0.05, 0.1) is 15.6 Å². The molecule has 0 radical (unpaired) electrons. The number of hydrogen-bond acceptors (Lipinski definition) is 3. The largest absolute Gasteiger partial charge is 0.306 e. The summed E-state index contributed by atoms with van der Waals surface area (Å²) in [5, 5.41) is 4.90. The average Bonchev–Trinajstić information content (AvgIpc) is 3.02. The molecule has 1 aromatic heterocycles. The lowest BCUT2D eigenvalue weighted by atomic mass is 10.1. The highest BCUT2D eigenvalue weighted by atomic mass is 32.1. The summed E-state index contributed by atoms with van der Waals surface area (Å²) in [6, 6.07) is 10.7. The Morgan fingerprint density at radius 1 is 1.24 bits per heavy atom. The van der Waals surface area contributed by atoms with E-state index in [9.17, 15) is 0 Å². The van der Waals surface area contributed by atoms with Crippen LogP contribution in [0.15, 0.2) is 30.3 Å². The summed E-state index contributed by atoms with van der Waals surface area (Å²) in [5.74, 6) is 1.50. The smallest absolute Gasteiger partial charge is 0.0969 e. The maximum Gasteiger partial charge on any atom is 0.0969 e. The van der Waals surface area contributed by atoms with Gasteiger partial charge in [-0.3, -0.25) is 0 Å². The van der Waals surface area contributed by atoms with Crippen LogP contribution in [-0.2, 0) is 6.54 Å². The van der Waals surface area contributed by atoms with E-state index in [1.54, 1.807) is 0 Å². The van der Waals surface area contributed by atoms with Crippen LogP contribution in [0.2, 0.25) is 0 Å². The van der Waals surface area contributed by atoms with Crippen molar-refractivity contribution in [3.63, 3.8) is 0 Å². The van der Waals surface area contributed by atoms with Gasteiger partial charge in [0, 0.05) is 18.0 Å². The summed E-state index contributed by atoms with van der Waals surface area (Å²) in [6.07, 6.45) is 1.30. The first-order valence-corrected chi connectivity index (χ1v) is 8.56. The number of thiazole rings is 1. The Balaban J connectivity index is 1.90. The molecule has 0 aliphatic heterocycles. The Kier molecular flexibility index (Phi) is 3.89. The molecule has 1 N–H and O–H groups in total. The van der Waals surface area contributed by atoms with E-state index >= 15 is 0 Å². The highest BCUT2D eigenvalue weighted by Gasteiger charge is 2.37. The van der Waals surface area contributed by atoms with Gasteiger partial charge in [-0.25, -0.2) is 4.98 Å². The Labute approximate surface area is 131 Å². The van der Waals surface area contributed by atoms with E-state index in [1.165, 1.54) is 27.6 Å². The molecular weight excluding hydrogens is 276 g/mol. The lowest BCUT2D eigenvalue weighted by molar-refractivity contribution is 0.422. The molecule has 1 fully saturated rings. The third-order valence-electron chi connectivity index (χ3n) is 3.96. The minimum absolute atomic E-state index is 0.116. The van der Waals surface area contributed by atoms with Crippen molar-refractivity contribution in [1.82, 2.24) is 10.3 Å². The van der Waals surface area contributed by atoms with Crippen LogP contribution in [0.1, 0.15) is 50.7 Å². The molecule has 1 aromatic carbocycles. The quantitative estimate of drug-likeness (QED) is 0.875. The summed E-state index contributed by atoms with van der Waals surface area (Å²) < 4.78 is 0. The van der Waals surface area contributed by atoms with Crippen LogP contribution in [0, 0.1) is 5.92 Å². The zero-order chi connectivity index (χ0) is 15.0. The molecule has 21 heavy (non-hydrogen) atoms. The second kappa shape index (κ2) is 5.54. The topological polar surface area (TPSA) is 24.9 Å². The van der Waals surface area contributed by atoms with Crippen molar-refractivity contribution >= 4 is 11.3 Å². The Morgan fingerprint density at radius 2 is 1.90 bits per heavy atom. The third kappa shape index (κ3) is 3.53. The van der Waals surface area contributed by atoms with E-state index in [0.717, 1.165) is 12.5 Å². The average molecular weight is 300 g/mol. The van der Waals surface area contributed by atoms with Crippen LogP contribution in [0.3, 0.4) is 0 Å². The van der Waals surface area contributed by atoms with Gasteiger partial charge in [-0.15, -0.1) is 11.3 Å². The maximum atomic E-state index is 4.96. The van der Waals surface area contributed by atoms with E-state index < -0.39 is 0 Å². The van der Waals surface area contributed by atoms with Gasteiger partial charge in [-0.2, -0.15) is 0 Å². The zero-order valence-electron chi connectivity index (χ0n) is 13.3. The molecule has 2 nitrogen and oxygen atoms in total. The first-order chi connectivity index (χ1) is 9.94. The molecule has 112 valence electrons. The molecular formula is C18H24N2S. The van der Waals surface area contributed by atoms with Crippen LogP contribution in [0.4, 0.5) is 0 Å². The summed E-state index contributed by atoms with van der Waals surface area (Å²) >= 11 is 1.89. The molecule has 3 heteroatoms. The third-order valence-corrected chi connectivity index (χ3v) is 5.24. The summed E-state index contributed by atoms with van der Waals surface area (Å²) in [4.78, 5) is 6.29. The van der Waals surface area contributed by atoms with Crippen LogP contribution >= 0.6 is 11.3 Å². The van der Waals surface area contributed by atoms with Crippen molar-refractivity contribution in [1.29, 1.82) is 0 Å². The fourth-order valence-corrected chi connectivity index (χ4v) is 3.81. The molecule has 0 spiro atoms. The molecule has 3 rings (SSSR count). The SMILES string of the molecule is CC1CC1c1nc(CNC(C)(C)C)c(-c2ccccc2)s1. The summed E-state index contributed by atoms with van der Waals surface area (Å²) in [7, 11) is 0. The molecule has 2 unspecified atom stereocenters.